The van der Waals surface area contributed by atoms with Gasteiger partial charge in [-0.15, -0.1) is 0 Å². The van der Waals surface area contributed by atoms with Gasteiger partial charge in [0.15, 0.2) is 0 Å². The molecule has 13 heavy (non-hydrogen) atoms. The van der Waals surface area contributed by atoms with Crippen molar-refractivity contribution in [1.82, 2.24) is 0 Å². The molecule has 0 aromatic heterocycles. The van der Waals surface area contributed by atoms with Crippen molar-refractivity contribution in [2.45, 2.75) is 47.0 Å². The fourth-order valence-corrected chi connectivity index (χ4v) is 1.00. The first-order valence-electron chi connectivity index (χ1n) is 4.98. The number of halogens is 1. The number of allylic oxidation sites excluding steroid dienone is 4. The van der Waals surface area contributed by atoms with Crippen molar-refractivity contribution in [1.29, 1.82) is 0 Å². The third-order valence-electron chi connectivity index (χ3n) is 1.64. The second-order valence-electron chi connectivity index (χ2n) is 4.54. The Morgan fingerprint density at radius 2 is 1.92 bits per heavy atom. The third-order valence-corrected chi connectivity index (χ3v) is 1.92. The number of hydrogen-bond donors (Lipinski definition) is 0. The van der Waals surface area contributed by atoms with E-state index in [1.165, 1.54) is 6.42 Å². The molecule has 0 nitrogen and oxygen atoms in total. The Morgan fingerprint density at radius 3 is 2.38 bits per heavy atom. The first-order chi connectivity index (χ1) is 5.95. The summed E-state index contributed by atoms with van der Waals surface area (Å²) in [5, 5.41) is 0.864. The lowest BCUT2D eigenvalue weighted by Gasteiger charge is -2.14. The first-order valence-corrected chi connectivity index (χ1v) is 5.35. The van der Waals surface area contributed by atoms with E-state index in [1.54, 1.807) is 0 Å². The van der Waals surface area contributed by atoms with Crippen molar-refractivity contribution in [3.63, 3.8) is 0 Å². The van der Waals surface area contributed by atoms with Gasteiger partial charge in [0.2, 0.25) is 0 Å². The molecule has 0 amide bonds. The molecule has 0 saturated heterocycles. The topological polar surface area (TPSA) is 0 Å². The minimum absolute atomic E-state index is 0.332. The molecule has 0 bridgehead atoms. The van der Waals surface area contributed by atoms with Crippen molar-refractivity contribution in [2.75, 3.05) is 0 Å². The average molecular weight is 201 g/mol. The van der Waals surface area contributed by atoms with Crippen molar-refractivity contribution in [2.24, 2.45) is 5.41 Å². The van der Waals surface area contributed by atoms with E-state index in [2.05, 4.69) is 39.8 Å². The molecule has 0 aliphatic heterocycles. The Labute approximate surface area is 87.7 Å². The van der Waals surface area contributed by atoms with Crippen molar-refractivity contribution in [3.05, 3.63) is 23.3 Å². The van der Waals surface area contributed by atoms with Crippen molar-refractivity contribution in [3.8, 4) is 0 Å². The summed E-state index contributed by atoms with van der Waals surface area (Å²) in [4.78, 5) is 0. The zero-order valence-corrected chi connectivity index (χ0v) is 9.99. The standard InChI is InChI=1S/C12H21Cl/c1-5-6-7-8-11(13)9-10-12(2,3)4/h7-9H,5-6,10H2,1-4H3. The smallest absolute Gasteiger partial charge is 0.0363 e. The molecule has 0 N–H and O–H groups in total. The summed E-state index contributed by atoms with van der Waals surface area (Å²) in [7, 11) is 0. The SMILES string of the molecule is CCCC=CC(Cl)=CCC(C)(C)C. The summed E-state index contributed by atoms with van der Waals surface area (Å²) in [5.41, 5.74) is 0.332. The number of unbranched alkanes of at least 4 members (excludes halogenated alkanes) is 1. The van der Waals surface area contributed by atoms with E-state index < -0.39 is 0 Å². The summed E-state index contributed by atoms with van der Waals surface area (Å²) in [6, 6.07) is 0. The second kappa shape index (κ2) is 6.26. The number of rotatable bonds is 4. The van der Waals surface area contributed by atoms with E-state index in [-0.39, 0.29) is 0 Å². The molecule has 0 aromatic carbocycles. The lowest BCUT2D eigenvalue weighted by molar-refractivity contribution is 0.420. The molecule has 0 fully saturated rings. The Bertz CT molecular complexity index is 182. The molecule has 0 aromatic rings. The van der Waals surface area contributed by atoms with Gasteiger partial charge in [-0.05, 0) is 24.3 Å². The van der Waals surface area contributed by atoms with Crippen LogP contribution in [0.3, 0.4) is 0 Å². The van der Waals surface area contributed by atoms with Crippen LogP contribution in [-0.4, -0.2) is 0 Å². The zero-order chi connectivity index (χ0) is 10.3. The molecule has 0 unspecified atom stereocenters. The minimum Gasteiger partial charge on any atom is -0.0847 e. The van der Waals surface area contributed by atoms with Gasteiger partial charge in [0.25, 0.3) is 0 Å². The quantitative estimate of drug-likeness (QED) is 0.567. The van der Waals surface area contributed by atoms with Gasteiger partial charge in [-0.2, -0.15) is 0 Å². The average Bonchev–Trinajstić information content (AvgIpc) is 2.00. The summed E-state index contributed by atoms with van der Waals surface area (Å²) < 4.78 is 0. The van der Waals surface area contributed by atoms with E-state index in [0.717, 1.165) is 17.9 Å². The highest BCUT2D eigenvalue weighted by Gasteiger charge is 2.06. The third kappa shape index (κ3) is 9.69. The Hall–Kier alpha value is -0.230. The van der Waals surface area contributed by atoms with Gasteiger partial charge in [0, 0.05) is 5.03 Å². The monoisotopic (exact) mass is 200 g/mol. The van der Waals surface area contributed by atoms with Gasteiger partial charge in [-0.3, -0.25) is 0 Å². The molecule has 0 saturated carbocycles. The first kappa shape index (κ1) is 12.8. The van der Waals surface area contributed by atoms with Crippen LogP contribution in [0.5, 0.6) is 0 Å². The van der Waals surface area contributed by atoms with E-state index in [9.17, 15) is 0 Å². The fourth-order valence-electron chi connectivity index (χ4n) is 0.834. The van der Waals surface area contributed by atoms with Crippen LogP contribution in [0.1, 0.15) is 47.0 Å². The molecule has 0 spiro atoms. The summed E-state index contributed by atoms with van der Waals surface area (Å²) in [5.74, 6) is 0. The molecule has 0 radical (unpaired) electrons. The molecule has 0 atom stereocenters. The van der Waals surface area contributed by atoms with E-state index in [0.29, 0.717) is 5.41 Å². The fraction of sp³-hybridized carbons (Fsp3) is 0.667. The zero-order valence-electron chi connectivity index (χ0n) is 9.23. The molecule has 1 heteroatoms. The van der Waals surface area contributed by atoms with Gasteiger partial charge >= 0.3 is 0 Å². The van der Waals surface area contributed by atoms with Crippen LogP contribution in [0.2, 0.25) is 0 Å². The van der Waals surface area contributed by atoms with Gasteiger partial charge < -0.3 is 0 Å². The van der Waals surface area contributed by atoms with Crippen LogP contribution in [0, 0.1) is 5.41 Å². The van der Waals surface area contributed by atoms with E-state index in [4.69, 9.17) is 11.6 Å². The predicted octanol–water partition coefficient (Wildman–Crippen LogP) is 4.90. The predicted molar refractivity (Wildman–Crippen MR) is 62.1 cm³/mol. The lowest BCUT2D eigenvalue weighted by atomic mass is 9.92. The molecular weight excluding hydrogens is 180 g/mol. The highest BCUT2D eigenvalue weighted by Crippen LogP contribution is 2.21. The van der Waals surface area contributed by atoms with Gasteiger partial charge in [-0.25, -0.2) is 0 Å². The molecular formula is C12H21Cl. The van der Waals surface area contributed by atoms with Crippen molar-refractivity contribution >= 4 is 11.6 Å². The van der Waals surface area contributed by atoms with Gasteiger partial charge in [0.05, 0.1) is 0 Å². The van der Waals surface area contributed by atoms with E-state index >= 15 is 0 Å². The lowest BCUT2D eigenvalue weighted by Crippen LogP contribution is -2.01. The molecule has 0 aliphatic rings. The maximum atomic E-state index is 6.00. The van der Waals surface area contributed by atoms with Crippen LogP contribution in [0.15, 0.2) is 23.3 Å². The molecule has 0 aliphatic carbocycles. The molecule has 76 valence electrons. The number of hydrogen-bond acceptors (Lipinski definition) is 0. The summed E-state index contributed by atoms with van der Waals surface area (Å²) in [6.45, 7) is 8.80. The highest BCUT2D eigenvalue weighted by atomic mass is 35.5. The Kier molecular flexibility index (Phi) is 6.15. The maximum absolute atomic E-state index is 6.00. The molecule has 0 rings (SSSR count). The molecule has 0 heterocycles. The minimum atomic E-state index is 0.332. The maximum Gasteiger partial charge on any atom is 0.0363 e. The highest BCUT2D eigenvalue weighted by molar-refractivity contribution is 6.31. The second-order valence-corrected chi connectivity index (χ2v) is 4.98. The van der Waals surface area contributed by atoms with Crippen LogP contribution in [0.25, 0.3) is 0 Å². The van der Waals surface area contributed by atoms with Crippen LogP contribution in [0.4, 0.5) is 0 Å². The van der Waals surface area contributed by atoms with Crippen LogP contribution >= 0.6 is 11.6 Å². The van der Waals surface area contributed by atoms with Crippen LogP contribution < -0.4 is 0 Å². The summed E-state index contributed by atoms with van der Waals surface area (Å²) >= 11 is 6.00. The van der Waals surface area contributed by atoms with Gasteiger partial charge in [0.1, 0.15) is 0 Å². The van der Waals surface area contributed by atoms with Crippen molar-refractivity contribution < 1.29 is 0 Å². The van der Waals surface area contributed by atoms with Crippen LogP contribution in [-0.2, 0) is 0 Å². The van der Waals surface area contributed by atoms with E-state index in [1.807, 2.05) is 6.08 Å². The Morgan fingerprint density at radius 1 is 1.31 bits per heavy atom. The Balaban J connectivity index is 3.89. The van der Waals surface area contributed by atoms with Gasteiger partial charge in [-0.1, -0.05) is 57.9 Å². The largest absolute Gasteiger partial charge is 0.0847 e. The summed E-state index contributed by atoms with van der Waals surface area (Å²) in [6.07, 6.45) is 9.54. The normalized spacial score (nSPS) is 14.1.